The minimum atomic E-state index is -2.83. The third kappa shape index (κ3) is 5.26. The van der Waals surface area contributed by atoms with Gasteiger partial charge < -0.3 is 10.1 Å². The quantitative estimate of drug-likeness (QED) is 0.448. The molecule has 0 radical (unpaired) electrons. The highest BCUT2D eigenvalue weighted by Crippen LogP contribution is 2.36. The van der Waals surface area contributed by atoms with Gasteiger partial charge in [0.2, 0.25) is 5.95 Å². The molecule has 1 atom stereocenters. The van der Waals surface area contributed by atoms with E-state index >= 15 is 4.39 Å². The first-order valence-corrected chi connectivity index (χ1v) is 12.2. The van der Waals surface area contributed by atoms with Crippen LogP contribution >= 0.6 is 0 Å². The Kier molecular flexibility index (Phi) is 6.80. The van der Waals surface area contributed by atoms with E-state index in [2.05, 4.69) is 20.6 Å². The number of hydrogen-bond acceptors (Lipinski definition) is 6. The summed E-state index contributed by atoms with van der Waals surface area (Å²) in [5.41, 5.74) is 2.98. The molecule has 3 aliphatic heterocycles. The van der Waals surface area contributed by atoms with Crippen molar-refractivity contribution in [2.24, 2.45) is 0 Å². The van der Waals surface area contributed by atoms with Crippen LogP contribution in [0.15, 0.2) is 24.3 Å². The standard InChI is InChI=1S/C25H27F4N5O3/c1-2-18-24(36)31-21-19(37-18)6-3-15(20(21)26)11-33-9-7-14(8-10-33)16-4-5-17(30-22(16)27)23(35)32-34-12-25(28,29)13-34/h3-6,14,18H,2,7-13H2,1H3,(H,31,36)(H,32,35). The fourth-order valence-electron chi connectivity index (χ4n) is 4.93. The average Bonchev–Trinajstić information content (AvgIpc) is 2.85. The van der Waals surface area contributed by atoms with E-state index in [0.29, 0.717) is 55.8 Å². The van der Waals surface area contributed by atoms with E-state index in [-0.39, 0.29) is 23.2 Å². The first-order chi connectivity index (χ1) is 17.6. The fourth-order valence-corrected chi connectivity index (χ4v) is 4.93. The lowest BCUT2D eigenvalue weighted by Crippen LogP contribution is -2.62. The normalized spacial score (nSPS) is 22.0. The Hall–Kier alpha value is -3.25. The number of fused-ring (bicyclic) bond motifs is 1. The summed E-state index contributed by atoms with van der Waals surface area (Å²) < 4.78 is 61.3. The summed E-state index contributed by atoms with van der Waals surface area (Å²) in [7, 11) is 0. The summed E-state index contributed by atoms with van der Waals surface area (Å²) in [6, 6.07) is 6.21. The molecule has 0 bridgehead atoms. The van der Waals surface area contributed by atoms with Crippen molar-refractivity contribution in [2.45, 2.75) is 50.7 Å². The van der Waals surface area contributed by atoms with Crippen LogP contribution in [0.2, 0.25) is 0 Å². The number of carbonyl (C=O) groups is 2. The third-order valence-corrected chi connectivity index (χ3v) is 7.00. The Labute approximate surface area is 210 Å². The summed E-state index contributed by atoms with van der Waals surface area (Å²) in [5.74, 6) is -5.03. The molecule has 1 aromatic heterocycles. The molecular formula is C25H27F4N5O3. The number of piperidine rings is 1. The molecule has 0 saturated carbocycles. The molecule has 2 fully saturated rings. The van der Waals surface area contributed by atoms with Crippen molar-refractivity contribution in [1.82, 2.24) is 20.3 Å². The molecule has 2 amide bonds. The van der Waals surface area contributed by atoms with Crippen molar-refractivity contribution < 1.29 is 31.9 Å². The second-order valence-corrected chi connectivity index (χ2v) is 9.70. The number of alkyl halides is 2. The molecule has 2 aromatic rings. The predicted octanol–water partition coefficient (Wildman–Crippen LogP) is 3.44. The van der Waals surface area contributed by atoms with Crippen LogP contribution < -0.4 is 15.5 Å². The number of anilines is 1. The second-order valence-electron chi connectivity index (χ2n) is 9.70. The first kappa shape index (κ1) is 25.4. The van der Waals surface area contributed by atoms with E-state index in [1.807, 2.05) is 6.92 Å². The van der Waals surface area contributed by atoms with Gasteiger partial charge in [0.25, 0.3) is 17.7 Å². The highest BCUT2D eigenvalue weighted by molar-refractivity contribution is 5.98. The zero-order valence-electron chi connectivity index (χ0n) is 20.2. The molecule has 2 N–H and O–H groups in total. The van der Waals surface area contributed by atoms with Crippen molar-refractivity contribution in [3.8, 4) is 5.75 Å². The summed E-state index contributed by atoms with van der Waals surface area (Å²) >= 11 is 0. The molecule has 37 heavy (non-hydrogen) atoms. The number of hydrogen-bond donors (Lipinski definition) is 2. The van der Waals surface area contributed by atoms with Gasteiger partial charge in [0, 0.05) is 17.7 Å². The Morgan fingerprint density at radius 3 is 2.57 bits per heavy atom. The zero-order chi connectivity index (χ0) is 26.3. The maximum Gasteiger partial charge on any atom is 0.284 e. The Morgan fingerprint density at radius 2 is 1.92 bits per heavy atom. The molecule has 1 unspecified atom stereocenters. The van der Waals surface area contributed by atoms with Crippen LogP contribution in [0.4, 0.5) is 23.2 Å². The van der Waals surface area contributed by atoms with Crippen LogP contribution in [-0.4, -0.2) is 64.9 Å². The van der Waals surface area contributed by atoms with Gasteiger partial charge in [-0.3, -0.25) is 19.9 Å². The number of hydrazine groups is 1. The maximum atomic E-state index is 15.1. The number of benzene rings is 1. The molecule has 0 spiro atoms. The minimum absolute atomic E-state index is 0.0576. The minimum Gasteiger partial charge on any atom is -0.478 e. The van der Waals surface area contributed by atoms with Crippen LogP contribution in [0.5, 0.6) is 5.75 Å². The smallest absolute Gasteiger partial charge is 0.284 e. The van der Waals surface area contributed by atoms with Crippen LogP contribution in [-0.2, 0) is 11.3 Å². The Balaban J connectivity index is 1.17. The number of halogens is 4. The topological polar surface area (TPSA) is 86.8 Å². The number of carbonyl (C=O) groups excluding carboxylic acids is 2. The molecular weight excluding hydrogens is 494 g/mol. The maximum absolute atomic E-state index is 15.1. The summed E-state index contributed by atoms with van der Waals surface area (Å²) in [4.78, 5) is 30.1. The molecule has 12 heteroatoms. The van der Waals surface area contributed by atoms with Gasteiger partial charge in [-0.15, -0.1) is 0 Å². The average molecular weight is 522 g/mol. The van der Waals surface area contributed by atoms with Gasteiger partial charge in [-0.25, -0.2) is 23.2 Å². The highest BCUT2D eigenvalue weighted by atomic mass is 19.3. The lowest BCUT2D eigenvalue weighted by molar-refractivity contribution is -0.144. The van der Waals surface area contributed by atoms with E-state index in [4.69, 9.17) is 4.74 Å². The Morgan fingerprint density at radius 1 is 1.19 bits per heavy atom. The largest absolute Gasteiger partial charge is 0.478 e. The van der Waals surface area contributed by atoms with Crippen molar-refractivity contribution in [2.75, 3.05) is 31.5 Å². The monoisotopic (exact) mass is 521 g/mol. The third-order valence-electron chi connectivity index (χ3n) is 7.00. The number of likely N-dealkylation sites (tertiary alicyclic amines) is 1. The van der Waals surface area contributed by atoms with Crippen LogP contribution in [0.1, 0.15) is 53.7 Å². The highest BCUT2D eigenvalue weighted by Gasteiger charge is 2.45. The Bertz CT molecular complexity index is 1210. The number of amides is 2. The van der Waals surface area contributed by atoms with Gasteiger partial charge in [0.1, 0.15) is 17.1 Å². The fraction of sp³-hybridized carbons (Fsp3) is 0.480. The van der Waals surface area contributed by atoms with E-state index in [1.54, 1.807) is 12.1 Å². The number of rotatable bonds is 6. The number of pyridine rings is 1. The summed E-state index contributed by atoms with van der Waals surface area (Å²) in [6.07, 6.45) is 1.06. The number of nitrogens with one attached hydrogen (secondary N) is 2. The molecule has 3 aliphatic rings. The molecule has 0 aliphatic carbocycles. The number of nitrogens with zero attached hydrogens (tertiary/aromatic N) is 3. The molecule has 1 aromatic carbocycles. The first-order valence-electron chi connectivity index (χ1n) is 12.2. The van der Waals surface area contributed by atoms with Gasteiger partial charge >= 0.3 is 0 Å². The van der Waals surface area contributed by atoms with Gasteiger partial charge in [-0.05, 0) is 50.4 Å². The van der Waals surface area contributed by atoms with Crippen LogP contribution in [0.3, 0.4) is 0 Å². The molecule has 5 rings (SSSR count). The van der Waals surface area contributed by atoms with Crippen molar-refractivity contribution in [3.63, 3.8) is 0 Å². The molecule has 2 saturated heterocycles. The second kappa shape index (κ2) is 9.90. The van der Waals surface area contributed by atoms with Gasteiger partial charge in [-0.1, -0.05) is 19.1 Å². The molecule has 4 heterocycles. The van der Waals surface area contributed by atoms with Crippen LogP contribution in [0.25, 0.3) is 0 Å². The van der Waals surface area contributed by atoms with Crippen molar-refractivity contribution >= 4 is 17.5 Å². The van der Waals surface area contributed by atoms with E-state index in [1.165, 1.54) is 12.1 Å². The number of aromatic nitrogens is 1. The van der Waals surface area contributed by atoms with Gasteiger partial charge in [0.05, 0.1) is 13.1 Å². The number of ether oxygens (including phenoxy) is 1. The summed E-state index contributed by atoms with van der Waals surface area (Å²) in [6.45, 7) is 2.15. The lowest BCUT2D eigenvalue weighted by atomic mass is 9.90. The van der Waals surface area contributed by atoms with E-state index in [9.17, 15) is 22.8 Å². The summed E-state index contributed by atoms with van der Waals surface area (Å²) in [5, 5.41) is 3.66. The van der Waals surface area contributed by atoms with Crippen molar-refractivity contribution in [3.05, 3.63) is 52.9 Å². The van der Waals surface area contributed by atoms with Gasteiger partial charge in [0.15, 0.2) is 11.9 Å². The molecule has 8 nitrogen and oxygen atoms in total. The van der Waals surface area contributed by atoms with Crippen LogP contribution in [0, 0.1) is 11.8 Å². The predicted molar refractivity (Wildman–Crippen MR) is 125 cm³/mol. The zero-order valence-corrected chi connectivity index (χ0v) is 20.2. The molecule has 198 valence electrons. The lowest BCUT2D eigenvalue weighted by Gasteiger charge is -2.38. The van der Waals surface area contributed by atoms with Gasteiger partial charge in [-0.2, -0.15) is 4.39 Å². The van der Waals surface area contributed by atoms with E-state index < -0.39 is 42.8 Å². The SMILES string of the molecule is CCC1Oc2ccc(CN3CCC(c4ccc(C(=O)NN5CC(F)(F)C5)nc4F)CC3)c(F)c2NC1=O. The van der Waals surface area contributed by atoms with E-state index in [0.717, 1.165) is 5.01 Å². The van der Waals surface area contributed by atoms with Crippen molar-refractivity contribution in [1.29, 1.82) is 0 Å².